The van der Waals surface area contributed by atoms with Gasteiger partial charge in [0.15, 0.2) is 6.20 Å². The highest BCUT2D eigenvalue weighted by atomic mass is 35.5. The van der Waals surface area contributed by atoms with Crippen molar-refractivity contribution >= 4 is 46.3 Å². The lowest BCUT2D eigenvalue weighted by atomic mass is 10.1. The molecular formula is C18H14Cl3N. The Morgan fingerprint density at radius 2 is 1.55 bits per heavy atom. The molecule has 0 aliphatic heterocycles. The van der Waals surface area contributed by atoms with Crippen LogP contribution < -0.4 is 17.0 Å². The van der Waals surface area contributed by atoms with Crippen molar-refractivity contribution in [2.75, 3.05) is 0 Å². The largest absolute Gasteiger partial charge is 1.00 e. The monoisotopic (exact) mass is 349 g/mol. The Morgan fingerprint density at radius 1 is 0.864 bits per heavy atom. The van der Waals surface area contributed by atoms with E-state index in [0.717, 1.165) is 32.1 Å². The van der Waals surface area contributed by atoms with Crippen molar-refractivity contribution in [3.8, 4) is 0 Å². The highest BCUT2D eigenvalue weighted by Crippen LogP contribution is 2.22. The fourth-order valence-corrected chi connectivity index (χ4v) is 2.61. The molecular weight excluding hydrogens is 337 g/mol. The molecule has 3 aromatic rings. The van der Waals surface area contributed by atoms with Crippen molar-refractivity contribution < 1.29 is 17.0 Å². The van der Waals surface area contributed by atoms with E-state index in [-0.39, 0.29) is 12.4 Å². The Labute approximate surface area is 146 Å². The van der Waals surface area contributed by atoms with E-state index in [1.165, 1.54) is 0 Å². The molecule has 2 aromatic carbocycles. The number of aromatic nitrogens is 1. The van der Waals surface area contributed by atoms with Gasteiger partial charge in [-0.25, -0.2) is 4.57 Å². The van der Waals surface area contributed by atoms with Gasteiger partial charge in [-0.3, -0.25) is 0 Å². The van der Waals surface area contributed by atoms with Crippen LogP contribution in [-0.2, 0) is 7.05 Å². The van der Waals surface area contributed by atoms with Crippen LogP contribution in [0, 0.1) is 0 Å². The molecule has 0 radical (unpaired) electrons. The minimum Gasteiger partial charge on any atom is -1.00 e. The molecule has 112 valence electrons. The highest BCUT2D eigenvalue weighted by molar-refractivity contribution is 6.31. The number of hydrogen-bond acceptors (Lipinski definition) is 0. The normalized spacial score (nSPS) is 10.9. The van der Waals surface area contributed by atoms with E-state index in [1.807, 2.05) is 49.5 Å². The van der Waals surface area contributed by atoms with Crippen LogP contribution >= 0.6 is 23.2 Å². The molecule has 1 aromatic heterocycles. The van der Waals surface area contributed by atoms with E-state index in [4.69, 9.17) is 23.2 Å². The number of halogens is 3. The van der Waals surface area contributed by atoms with Crippen molar-refractivity contribution in [3.05, 3.63) is 75.9 Å². The van der Waals surface area contributed by atoms with Crippen LogP contribution in [0.25, 0.3) is 23.1 Å². The van der Waals surface area contributed by atoms with Crippen LogP contribution in [0.5, 0.6) is 0 Å². The number of benzene rings is 2. The zero-order valence-corrected chi connectivity index (χ0v) is 14.2. The average molecular weight is 351 g/mol. The van der Waals surface area contributed by atoms with Gasteiger partial charge < -0.3 is 12.4 Å². The summed E-state index contributed by atoms with van der Waals surface area (Å²) >= 11 is 12.0. The third kappa shape index (κ3) is 3.61. The van der Waals surface area contributed by atoms with Crippen LogP contribution in [0.2, 0.25) is 10.0 Å². The Bertz CT molecular complexity index is 824. The molecule has 1 heterocycles. The summed E-state index contributed by atoms with van der Waals surface area (Å²) < 4.78 is 2.09. The van der Waals surface area contributed by atoms with E-state index >= 15 is 0 Å². The van der Waals surface area contributed by atoms with Crippen molar-refractivity contribution in [2.45, 2.75) is 0 Å². The van der Waals surface area contributed by atoms with Gasteiger partial charge in [-0.05, 0) is 35.4 Å². The zero-order valence-electron chi connectivity index (χ0n) is 11.9. The predicted octanol–water partition coefficient (Wildman–Crippen LogP) is 2.15. The molecule has 0 saturated heterocycles. The van der Waals surface area contributed by atoms with Gasteiger partial charge in [0, 0.05) is 22.2 Å². The van der Waals surface area contributed by atoms with Gasteiger partial charge in [-0.2, -0.15) is 0 Å². The number of fused-ring (bicyclic) bond motifs is 1. The maximum absolute atomic E-state index is 6.13. The quantitative estimate of drug-likeness (QED) is 0.624. The molecule has 0 fully saturated rings. The first kappa shape index (κ1) is 16.8. The second-order valence-electron chi connectivity index (χ2n) is 4.93. The Kier molecular flexibility index (Phi) is 5.47. The average Bonchev–Trinajstić information content (AvgIpc) is 2.48. The lowest BCUT2D eigenvalue weighted by Crippen LogP contribution is -3.00. The maximum Gasteiger partial charge on any atom is 0.212 e. The van der Waals surface area contributed by atoms with E-state index < -0.39 is 0 Å². The Balaban J connectivity index is 0.00000176. The number of rotatable bonds is 2. The number of pyridine rings is 1. The molecule has 3 rings (SSSR count). The van der Waals surface area contributed by atoms with Crippen molar-refractivity contribution in [1.29, 1.82) is 0 Å². The topological polar surface area (TPSA) is 3.88 Å². The summed E-state index contributed by atoms with van der Waals surface area (Å²) in [6, 6.07) is 15.8. The van der Waals surface area contributed by atoms with E-state index in [2.05, 4.69) is 29.0 Å². The van der Waals surface area contributed by atoms with E-state index in [9.17, 15) is 0 Å². The van der Waals surface area contributed by atoms with Crippen LogP contribution in [0.15, 0.2) is 54.7 Å². The summed E-state index contributed by atoms with van der Waals surface area (Å²) in [7, 11) is 2.03. The van der Waals surface area contributed by atoms with Gasteiger partial charge >= 0.3 is 0 Å². The molecule has 0 aliphatic carbocycles. The van der Waals surface area contributed by atoms with Crippen LogP contribution in [-0.4, -0.2) is 0 Å². The van der Waals surface area contributed by atoms with Gasteiger partial charge in [-0.15, -0.1) is 0 Å². The van der Waals surface area contributed by atoms with Gasteiger partial charge in [0.1, 0.15) is 7.05 Å². The predicted molar refractivity (Wildman–Crippen MR) is 90.5 cm³/mol. The second-order valence-corrected chi connectivity index (χ2v) is 5.80. The number of aryl methyl sites for hydroxylation is 1. The minimum atomic E-state index is 0. The standard InChI is InChI=1S/C18H14Cl2N.ClH/c1-21-11-10-14(17-12-16(20)8-9-18(17)21)5-2-13-3-6-15(19)7-4-13;/h2-12H,1H3;1H/q+1;/p-1/b5-2+;. The summed E-state index contributed by atoms with van der Waals surface area (Å²) in [5.74, 6) is 0. The first-order chi connectivity index (χ1) is 10.1. The van der Waals surface area contributed by atoms with Gasteiger partial charge in [0.2, 0.25) is 5.52 Å². The summed E-state index contributed by atoms with van der Waals surface area (Å²) in [6.45, 7) is 0. The number of nitrogens with zero attached hydrogens (tertiary/aromatic N) is 1. The van der Waals surface area contributed by atoms with E-state index in [1.54, 1.807) is 0 Å². The molecule has 1 nitrogen and oxygen atoms in total. The molecule has 0 amide bonds. The van der Waals surface area contributed by atoms with Crippen LogP contribution in [0.3, 0.4) is 0 Å². The fourth-order valence-electron chi connectivity index (χ4n) is 2.31. The first-order valence-corrected chi connectivity index (χ1v) is 7.41. The molecule has 0 saturated carbocycles. The summed E-state index contributed by atoms with van der Waals surface area (Å²) in [5, 5.41) is 2.63. The van der Waals surface area contributed by atoms with Crippen LogP contribution in [0.1, 0.15) is 11.1 Å². The number of hydrogen-bond donors (Lipinski definition) is 0. The third-order valence-electron chi connectivity index (χ3n) is 3.45. The third-order valence-corrected chi connectivity index (χ3v) is 3.94. The SMILES string of the molecule is C[n+]1ccc(/C=C/c2ccc(Cl)cc2)c2cc(Cl)ccc21.[Cl-]. The fraction of sp³-hybridized carbons (Fsp3) is 0.0556. The Hall–Kier alpha value is -1.54. The zero-order chi connectivity index (χ0) is 14.8. The minimum absolute atomic E-state index is 0. The summed E-state index contributed by atoms with van der Waals surface area (Å²) in [4.78, 5) is 0. The molecule has 0 spiro atoms. The molecule has 0 bridgehead atoms. The van der Waals surface area contributed by atoms with Crippen molar-refractivity contribution in [3.63, 3.8) is 0 Å². The van der Waals surface area contributed by atoms with Crippen LogP contribution in [0.4, 0.5) is 0 Å². The van der Waals surface area contributed by atoms with Gasteiger partial charge in [0.25, 0.3) is 0 Å². The first-order valence-electron chi connectivity index (χ1n) is 6.65. The molecule has 22 heavy (non-hydrogen) atoms. The second kappa shape index (κ2) is 7.15. The van der Waals surface area contributed by atoms with Crippen molar-refractivity contribution in [1.82, 2.24) is 0 Å². The van der Waals surface area contributed by atoms with Gasteiger partial charge in [0.05, 0.1) is 5.39 Å². The molecule has 0 unspecified atom stereocenters. The summed E-state index contributed by atoms with van der Waals surface area (Å²) in [5.41, 5.74) is 3.40. The maximum atomic E-state index is 6.13. The lowest BCUT2D eigenvalue weighted by molar-refractivity contribution is -0.644. The Morgan fingerprint density at radius 3 is 2.27 bits per heavy atom. The molecule has 4 heteroatoms. The van der Waals surface area contributed by atoms with Gasteiger partial charge in [-0.1, -0.05) is 47.5 Å². The lowest BCUT2D eigenvalue weighted by Gasteiger charge is -2.02. The van der Waals surface area contributed by atoms with Crippen molar-refractivity contribution in [2.24, 2.45) is 7.05 Å². The molecule has 0 aliphatic rings. The summed E-state index contributed by atoms with van der Waals surface area (Å²) in [6.07, 6.45) is 6.23. The molecule has 0 N–H and O–H groups in total. The molecule has 0 atom stereocenters. The highest BCUT2D eigenvalue weighted by Gasteiger charge is 2.08. The smallest absolute Gasteiger partial charge is 0.212 e. The van der Waals surface area contributed by atoms with E-state index in [0.29, 0.717) is 0 Å².